The zero-order valence-electron chi connectivity index (χ0n) is 11.0. The average molecular weight is 258 g/mol. The Morgan fingerprint density at radius 3 is 2.28 bits per heavy atom. The molecule has 0 spiro atoms. The van der Waals surface area contributed by atoms with E-state index in [1.54, 1.807) is 0 Å². The fourth-order valence-corrected chi connectivity index (χ4v) is 2.31. The fraction of sp³-hybridized carbons (Fsp3) is 0.833. The van der Waals surface area contributed by atoms with Gasteiger partial charge in [0.15, 0.2) is 6.04 Å². The molecule has 2 amide bonds. The highest BCUT2D eigenvalue weighted by Crippen LogP contribution is 2.30. The molecular weight excluding hydrogens is 236 g/mol. The highest BCUT2D eigenvalue weighted by Gasteiger charge is 2.32. The first-order valence-corrected chi connectivity index (χ1v) is 6.30. The van der Waals surface area contributed by atoms with Gasteiger partial charge in [0.05, 0.1) is 6.10 Å². The molecule has 104 valence electrons. The standard InChI is InChI=1S/C12H22N2O4/c1-6-4-5-9(7(6)2)13-12(18)14-10(8(3)15)11(16)17/h6-10,15H,4-5H2,1-3H3,(H,16,17)(H2,13,14,18)/t6?,7?,8-,9?,10+/m1/s1. The molecular formula is C12H22N2O4. The van der Waals surface area contributed by atoms with Crippen LogP contribution < -0.4 is 10.6 Å². The number of hydrogen-bond acceptors (Lipinski definition) is 3. The topological polar surface area (TPSA) is 98.7 Å². The lowest BCUT2D eigenvalue weighted by Crippen LogP contribution is -2.53. The molecule has 6 nitrogen and oxygen atoms in total. The van der Waals surface area contributed by atoms with Crippen molar-refractivity contribution in [2.24, 2.45) is 11.8 Å². The van der Waals surface area contributed by atoms with Gasteiger partial charge in [-0.05, 0) is 31.6 Å². The second-order valence-electron chi connectivity index (χ2n) is 5.19. The minimum absolute atomic E-state index is 0.0726. The van der Waals surface area contributed by atoms with Gasteiger partial charge in [-0.25, -0.2) is 9.59 Å². The van der Waals surface area contributed by atoms with Crippen molar-refractivity contribution in [3.63, 3.8) is 0 Å². The normalized spacial score (nSPS) is 30.6. The summed E-state index contributed by atoms with van der Waals surface area (Å²) in [5.41, 5.74) is 0. The molecule has 1 saturated carbocycles. The number of hydrogen-bond donors (Lipinski definition) is 4. The highest BCUT2D eigenvalue weighted by molar-refractivity contribution is 5.83. The SMILES string of the molecule is CC1CCC(NC(=O)N[C@H](C(=O)O)[C@@H](C)O)C1C. The van der Waals surface area contributed by atoms with Crippen LogP contribution in [0, 0.1) is 11.8 Å². The molecule has 3 unspecified atom stereocenters. The summed E-state index contributed by atoms with van der Waals surface area (Å²) >= 11 is 0. The minimum Gasteiger partial charge on any atom is -0.480 e. The van der Waals surface area contributed by atoms with E-state index in [1.807, 2.05) is 0 Å². The van der Waals surface area contributed by atoms with Crippen molar-refractivity contribution in [3.8, 4) is 0 Å². The molecule has 6 heteroatoms. The van der Waals surface area contributed by atoms with Gasteiger partial charge < -0.3 is 20.8 Å². The Kier molecular flexibility index (Phi) is 4.95. The van der Waals surface area contributed by atoms with Crippen LogP contribution in [-0.2, 0) is 4.79 Å². The van der Waals surface area contributed by atoms with Crippen molar-refractivity contribution in [2.45, 2.75) is 51.8 Å². The van der Waals surface area contributed by atoms with Gasteiger partial charge in [0.2, 0.25) is 0 Å². The maximum atomic E-state index is 11.7. The van der Waals surface area contributed by atoms with Crippen LogP contribution in [0.1, 0.15) is 33.6 Å². The number of aliphatic hydroxyl groups excluding tert-OH is 1. The molecule has 0 aliphatic heterocycles. The van der Waals surface area contributed by atoms with E-state index >= 15 is 0 Å². The number of nitrogens with one attached hydrogen (secondary N) is 2. The zero-order valence-corrected chi connectivity index (χ0v) is 11.0. The lowest BCUT2D eigenvalue weighted by atomic mass is 9.98. The first kappa shape index (κ1) is 14.8. The van der Waals surface area contributed by atoms with Gasteiger partial charge >= 0.3 is 12.0 Å². The summed E-state index contributed by atoms with van der Waals surface area (Å²) in [6.07, 6.45) is 0.834. The van der Waals surface area contributed by atoms with Crippen LogP contribution >= 0.6 is 0 Å². The Morgan fingerprint density at radius 2 is 1.89 bits per heavy atom. The van der Waals surface area contributed by atoms with Crippen LogP contribution in [0.15, 0.2) is 0 Å². The van der Waals surface area contributed by atoms with E-state index in [4.69, 9.17) is 5.11 Å². The van der Waals surface area contributed by atoms with Crippen molar-refractivity contribution < 1.29 is 19.8 Å². The molecule has 1 aliphatic carbocycles. The molecule has 0 aromatic carbocycles. The number of carboxylic acid groups (broad SMARTS) is 1. The summed E-state index contributed by atoms with van der Waals surface area (Å²) < 4.78 is 0. The molecule has 1 aliphatic rings. The molecule has 4 N–H and O–H groups in total. The maximum Gasteiger partial charge on any atom is 0.328 e. The van der Waals surface area contributed by atoms with E-state index < -0.39 is 24.1 Å². The second kappa shape index (κ2) is 6.04. The Balaban J connectivity index is 2.48. The number of carbonyl (C=O) groups excluding carboxylic acids is 1. The Labute approximate surface area is 107 Å². The molecule has 0 aromatic rings. The van der Waals surface area contributed by atoms with E-state index in [2.05, 4.69) is 24.5 Å². The van der Waals surface area contributed by atoms with Crippen molar-refractivity contribution in [2.75, 3.05) is 0 Å². The minimum atomic E-state index is -1.28. The third kappa shape index (κ3) is 3.60. The van der Waals surface area contributed by atoms with Gasteiger partial charge in [-0.1, -0.05) is 13.8 Å². The number of urea groups is 1. The highest BCUT2D eigenvalue weighted by atomic mass is 16.4. The lowest BCUT2D eigenvalue weighted by molar-refractivity contribution is -0.141. The van der Waals surface area contributed by atoms with Crippen LogP contribution in [0.3, 0.4) is 0 Å². The third-order valence-electron chi connectivity index (χ3n) is 3.82. The van der Waals surface area contributed by atoms with Crippen LogP contribution in [0.5, 0.6) is 0 Å². The summed E-state index contributed by atoms with van der Waals surface area (Å²) in [7, 11) is 0. The summed E-state index contributed by atoms with van der Waals surface area (Å²) in [5, 5.41) is 23.2. The van der Waals surface area contributed by atoms with Gasteiger partial charge in [0.1, 0.15) is 0 Å². The molecule has 1 fully saturated rings. The van der Waals surface area contributed by atoms with E-state index in [0.717, 1.165) is 12.8 Å². The van der Waals surface area contributed by atoms with Crippen LogP contribution in [0.2, 0.25) is 0 Å². The van der Waals surface area contributed by atoms with Gasteiger partial charge in [0.25, 0.3) is 0 Å². The van der Waals surface area contributed by atoms with Crippen LogP contribution in [0.4, 0.5) is 4.79 Å². The average Bonchev–Trinajstić information content (AvgIpc) is 2.57. The zero-order chi connectivity index (χ0) is 13.9. The van der Waals surface area contributed by atoms with E-state index in [9.17, 15) is 14.7 Å². The van der Waals surface area contributed by atoms with Gasteiger partial charge in [-0.3, -0.25) is 0 Å². The molecule has 0 heterocycles. The first-order chi connectivity index (χ1) is 8.32. The number of aliphatic hydroxyl groups is 1. The predicted molar refractivity (Wildman–Crippen MR) is 66.1 cm³/mol. The van der Waals surface area contributed by atoms with Gasteiger partial charge in [0, 0.05) is 6.04 Å². The van der Waals surface area contributed by atoms with Crippen molar-refractivity contribution in [3.05, 3.63) is 0 Å². The summed E-state index contributed by atoms with van der Waals surface area (Å²) in [6.45, 7) is 5.55. The van der Waals surface area contributed by atoms with Crippen molar-refractivity contribution >= 4 is 12.0 Å². The summed E-state index contributed by atoms with van der Waals surface area (Å²) in [5.74, 6) is -0.305. The molecule has 0 bridgehead atoms. The van der Waals surface area contributed by atoms with E-state index in [0.29, 0.717) is 11.8 Å². The van der Waals surface area contributed by atoms with Crippen molar-refractivity contribution in [1.29, 1.82) is 0 Å². The first-order valence-electron chi connectivity index (χ1n) is 6.30. The number of rotatable bonds is 4. The smallest absolute Gasteiger partial charge is 0.328 e. The fourth-order valence-electron chi connectivity index (χ4n) is 2.31. The Bertz CT molecular complexity index is 319. The largest absolute Gasteiger partial charge is 0.480 e. The molecule has 0 radical (unpaired) electrons. The Morgan fingerprint density at radius 1 is 1.28 bits per heavy atom. The monoisotopic (exact) mass is 258 g/mol. The molecule has 18 heavy (non-hydrogen) atoms. The lowest BCUT2D eigenvalue weighted by Gasteiger charge is -2.22. The van der Waals surface area contributed by atoms with Gasteiger partial charge in [-0.2, -0.15) is 0 Å². The number of aliphatic carboxylic acids is 1. The third-order valence-corrected chi connectivity index (χ3v) is 3.82. The molecule has 0 saturated heterocycles. The van der Waals surface area contributed by atoms with Crippen molar-refractivity contribution in [1.82, 2.24) is 10.6 Å². The Hall–Kier alpha value is -1.30. The summed E-state index contributed by atoms with van der Waals surface area (Å²) in [6, 6.07) is -1.74. The number of carboxylic acids is 1. The molecule has 5 atom stereocenters. The van der Waals surface area contributed by atoms with Crippen LogP contribution in [0.25, 0.3) is 0 Å². The maximum absolute atomic E-state index is 11.7. The predicted octanol–water partition coefficient (Wildman–Crippen LogP) is 0.554. The molecule has 0 aromatic heterocycles. The molecule has 1 rings (SSSR count). The quantitative estimate of drug-likeness (QED) is 0.592. The second-order valence-corrected chi connectivity index (χ2v) is 5.19. The number of carbonyl (C=O) groups is 2. The van der Waals surface area contributed by atoms with Crippen LogP contribution in [-0.4, -0.2) is 40.4 Å². The number of amides is 2. The van der Waals surface area contributed by atoms with E-state index in [-0.39, 0.29) is 6.04 Å². The van der Waals surface area contributed by atoms with Gasteiger partial charge in [-0.15, -0.1) is 0 Å². The van der Waals surface area contributed by atoms with E-state index in [1.165, 1.54) is 6.92 Å². The summed E-state index contributed by atoms with van der Waals surface area (Å²) in [4.78, 5) is 22.5.